The van der Waals surface area contributed by atoms with E-state index >= 15 is 0 Å². The molecule has 0 aromatic heterocycles. The van der Waals surface area contributed by atoms with Gasteiger partial charge < -0.3 is 10.1 Å². The predicted octanol–water partition coefficient (Wildman–Crippen LogP) is 4.17. The van der Waals surface area contributed by atoms with E-state index in [0.29, 0.717) is 5.56 Å². The van der Waals surface area contributed by atoms with Crippen LogP contribution in [-0.2, 0) is 10.9 Å². The third kappa shape index (κ3) is 5.92. The Bertz CT molecular complexity index is 393. The number of ether oxygens (including phenoxy) is 1. The lowest BCUT2D eigenvalue weighted by atomic mass is 10.0. The Kier molecular flexibility index (Phi) is 7.02. The van der Waals surface area contributed by atoms with Gasteiger partial charge in [-0.1, -0.05) is 12.1 Å². The van der Waals surface area contributed by atoms with Crippen molar-refractivity contribution in [2.45, 2.75) is 38.4 Å². The first-order chi connectivity index (χ1) is 9.45. The maximum atomic E-state index is 12.6. The fourth-order valence-corrected chi connectivity index (χ4v) is 1.97. The van der Waals surface area contributed by atoms with Gasteiger partial charge in [0.15, 0.2) is 0 Å². The lowest BCUT2D eigenvalue weighted by Crippen LogP contribution is -2.20. The van der Waals surface area contributed by atoms with Crippen LogP contribution in [0.4, 0.5) is 13.2 Å². The fraction of sp³-hybridized carbons (Fsp3) is 0.600. The van der Waals surface area contributed by atoms with Gasteiger partial charge in [-0.15, -0.1) is 0 Å². The first-order valence-corrected chi connectivity index (χ1v) is 6.84. The Morgan fingerprint density at radius 2 is 1.95 bits per heavy atom. The van der Waals surface area contributed by atoms with Crippen molar-refractivity contribution in [2.24, 2.45) is 0 Å². The van der Waals surface area contributed by atoms with Crippen LogP contribution in [0.15, 0.2) is 24.3 Å². The molecule has 114 valence electrons. The zero-order valence-electron chi connectivity index (χ0n) is 12.0. The molecule has 1 rings (SSSR count). The van der Waals surface area contributed by atoms with Crippen molar-refractivity contribution in [1.29, 1.82) is 0 Å². The van der Waals surface area contributed by atoms with E-state index in [1.54, 1.807) is 13.2 Å². The Balaban J connectivity index is 2.41. The number of nitrogens with one attached hydrogen (secondary N) is 1. The van der Waals surface area contributed by atoms with Gasteiger partial charge in [-0.3, -0.25) is 0 Å². The van der Waals surface area contributed by atoms with Gasteiger partial charge >= 0.3 is 6.18 Å². The highest BCUT2D eigenvalue weighted by molar-refractivity contribution is 5.27. The molecule has 2 nitrogen and oxygen atoms in total. The second kappa shape index (κ2) is 8.27. The Hall–Kier alpha value is -1.07. The maximum Gasteiger partial charge on any atom is 0.416 e. The van der Waals surface area contributed by atoms with Crippen LogP contribution in [-0.4, -0.2) is 20.3 Å². The number of hydrogen-bond acceptors (Lipinski definition) is 2. The van der Waals surface area contributed by atoms with Crippen LogP contribution < -0.4 is 5.32 Å². The number of methoxy groups -OCH3 is 1. The normalized spacial score (nSPS) is 13.4. The summed E-state index contributed by atoms with van der Waals surface area (Å²) in [6, 6.07) is 5.40. The van der Waals surface area contributed by atoms with Gasteiger partial charge in [-0.2, -0.15) is 13.2 Å². The lowest BCUT2D eigenvalue weighted by molar-refractivity contribution is -0.137. The summed E-state index contributed by atoms with van der Waals surface area (Å²) in [6.07, 6.45) is -1.23. The highest BCUT2D eigenvalue weighted by atomic mass is 19.4. The van der Waals surface area contributed by atoms with Gasteiger partial charge in [-0.05, 0) is 50.4 Å². The lowest BCUT2D eigenvalue weighted by Gasteiger charge is -2.16. The zero-order chi connectivity index (χ0) is 15.0. The number of halogens is 3. The van der Waals surface area contributed by atoms with Gasteiger partial charge in [-0.25, -0.2) is 0 Å². The van der Waals surface area contributed by atoms with Crippen molar-refractivity contribution in [1.82, 2.24) is 5.32 Å². The van der Waals surface area contributed by atoms with Gasteiger partial charge in [0.05, 0.1) is 5.56 Å². The fourth-order valence-electron chi connectivity index (χ4n) is 1.97. The van der Waals surface area contributed by atoms with Crippen LogP contribution in [0.5, 0.6) is 0 Å². The highest BCUT2D eigenvalue weighted by Crippen LogP contribution is 2.30. The first kappa shape index (κ1) is 17.0. The third-order valence-electron chi connectivity index (χ3n) is 3.19. The van der Waals surface area contributed by atoms with Crippen LogP contribution in [0.2, 0.25) is 0 Å². The zero-order valence-corrected chi connectivity index (χ0v) is 12.0. The molecule has 1 N–H and O–H groups in total. The summed E-state index contributed by atoms with van der Waals surface area (Å²) in [6.45, 7) is 3.43. The average molecular weight is 289 g/mol. The van der Waals surface area contributed by atoms with Crippen LogP contribution in [0, 0.1) is 0 Å². The molecule has 1 atom stereocenters. The Labute approximate surface area is 118 Å². The minimum absolute atomic E-state index is 0.0836. The second-order valence-electron chi connectivity index (χ2n) is 4.85. The van der Waals surface area contributed by atoms with Crippen molar-refractivity contribution in [2.75, 3.05) is 20.3 Å². The molecule has 0 aliphatic heterocycles. The van der Waals surface area contributed by atoms with Crippen molar-refractivity contribution in [3.63, 3.8) is 0 Å². The molecule has 1 unspecified atom stereocenters. The number of unbranched alkanes of at least 4 members (excludes halogenated alkanes) is 2. The average Bonchev–Trinajstić information content (AvgIpc) is 2.41. The molecular formula is C15H22F3NO. The van der Waals surface area contributed by atoms with E-state index in [1.807, 2.05) is 6.92 Å². The standard InChI is InChI=1S/C15H22F3NO/c1-12(19-9-4-3-5-10-20-2)13-7-6-8-14(11-13)15(16,17)18/h6-8,11-12,19H,3-5,9-10H2,1-2H3. The molecule has 1 aromatic carbocycles. The number of rotatable bonds is 8. The summed E-state index contributed by atoms with van der Waals surface area (Å²) in [4.78, 5) is 0. The minimum atomic E-state index is -4.28. The van der Waals surface area contributed by atoms with E-state index in [1.165, 1.54) is 12.1 Å². The van der Waals surface area contributed by atoms with Gasteiger partial charge in [0, 0.05) is 19.8 Å². The van der Waals surface area contributed by atoms with E-state index in [2.05, 4.69) is 5.32 Å². The summed E-state index contributed by atoms with van der Waals surface area (Å²) < 4.78 is 42.8. The van der Waals surface area contributed by atoms with Crippen molar-refractivity contribution in [3.05, 3.63) is 35.4 Å². The third-order valence-corrected chi connectivity index (χ3v) is 3.19. The highest BCUT2D eigenvalue weighted by Gasteiger charge is 2.30. The maximum absolute atomic E-state index is 12.6. The smallest absolute Gasteiger partial charge is 0.385 e. The molecule has 0 aliphatic rings. The first-order valence-electron chi connectivity index (χ1n) is 6.84. The molecule has 0 fully saturated rings. The molecule has 0 bridgehead atoms. The SMILES string of the molecule is COCCCCCNC(C)c1cccc(C(F)(F)F)c1. The molecule has 0 amide bonds. The number of hydrogen-bond donors (Lipinski definition) is 1. The summed E-state index contributed by atoms with van der Waals surface area (Å²) in [7, 11) is 1.67. The molecule has 5 heteroatoms. The molecule has 0 saturated heterocycles. The molecular weight excluding hydrogens is 267 g/mol. The Morgan fingerprint density at radius 3 is 2.60 bits per heavy atom. The molecule has 0 radical (unpaired) electrons. The van der Waals surface area contributed by atoms with E-state index in [9.17, 15) is 13.2 Å². The quantitative estimate of drug-likeness (QED) is 0.725. The predicted molar refractivity (Wildman–Crippen MR) is 73.6 cm³/mol. The van der Waals surface area contributed by atoms with E-state index in [0.717, 1.165) is 38.5 Å². The van der Waals surface area contributed by atoms with E-state index in [-0.39, 0.29) is 6.04 Å². The topological polar surface area (TPSA) is 21.3 Å². The van der Waals surface area contributed by atoms with Crippen LogP contribution in [0.1, 0.15) is 43.4 Å². The van der Waals surface area contributed by atoms with Crippen LogP contribution in [0.25, 0.3) is 0 Å². The van der Waals surface area contributed by atoms with Crippen LogP contribution in [0.3, 0.4) is 0 Å². The number of alkyl halides is 3. The van der Waals surface area contributed by atoms with Crippen LogP contribution >= 0.6 is 0 Å². The summed E-state index contributed by atoms with van der Waals surface area (Å²) in [5.74, 6) is 0. The summed E-state index contributed by atoms with van der Waals surface area (Å²) in [5.41, 5.74) is 0.0699. The summed E-state index contributed by atoms with van der Waals surface area (Å²) in [5, 5.41) is 3.25. The van der Waals surface area contributed by atoms with E-state index < -0.39 is 11.7 Å². The molecule has 0 saturated carbocycles. The molecule has 1 aromatic rings. The second-order valence-corrected chi connectivity index (χ2v) is 4.85. The minimum Gasteiger partial charge on any atom is -0.385 e. The van der Waals surface area contributed by atoms with Gasteiger partial charge in [0.1, 0.15) is 0 Å². The largest absolute Gasteiger partial charge is 0.416 e. The molecule has 20 heavy (non-hydrogen) atoms. The van der Waals surface area contributed by atoms with E-state index in [4.69, 9.17) is 4.74 Å². The summed E-state index contributed by atoms with van der Waals surface area (Å²) >= 11 is 0. The van der Waals surface area contributed by atoms with Crippen molar-refractivity contribution < 1.29 is 17.9 Å². The monoisotopic (exact) mass is 289 g/mol. The molecule has 0 spiro atoms. The Morgan fingerprint density at radius 1 is 1.20 bits per heavy atom. The number of benzene rings is 1. The van der Waals surface area contributed by atoms with Gasteiger partial charge in [0.25, 0.3) is 0 Å². The molecule has 0 aliphatic carbocycles. The van der Waals surface area contributed by atoms with Crippen molar-refractivity contribution in [3.8, 4) is 0 Å². The molecule has 0 heterocycles. The van der Waals surface area contributed by atoms with Crippen molar-refractivity contribution >= 4 is 0 Å². The van der Waals surface area contributed by atoms with Gasteiger partial charge in [0.2, 0.25) is 0 Å².